The molecular formula is C18H24N4O3. The Hall–Kier alpha value is -2.57. The molecule has 3 rings (SSSR count). The Labute approximate surface area is 145 Å². The second kappa shape index (κ2) is 6.38. The Morgan fingerprint density at radius 1 is 1.24 bits per heavy atom. The topological polar surface area (TPSA) is 98.1 Å². The molecule has 1 atom stereocenters. The van der Waals surface area contributed by atoms with Gasteiger partial charge in [0.2, 0.25) is 11.8 Å². The van der Waals surface area contributed by atoms with Gasteiger partial charge < -0.3 is 20.2 Å². The Balaban J connectivity index is 1.72. The van der Waals surface area contributed by atoms with Gasteiger partial charge in [0, 0.05) is 18.7 Å². The molecule has 7 heteroatoms. The third-order valence-corrected chi connectivity index (χ3v) is 4.34. The molecule has 1 aromatic carbocycles. The maximum Gasteiger partial charge on any atom is 0.323 e. The molecule has 134 valence electrons. The van der Waals surface area contributed by atoms with E-state index in [2.05, 4.69) is 15.3 Å². The Morgan fingerprint density at radius 3 is 2.68 bits per heavy atom. The molecule has 0 aliphatic carbocycles. The van der Waals surface area contributed by atoms with Crippen LogP contribution in [0.25, 0.3) is 11.0 Å². The number of hydrogen-bond acceptors (Lipinski definition) is 3. The van der Waals surface area contributed by atoms with Crippen LogP contribution in [-0.2, 0) is 9.59 Å². The lowest BCUT2D eigenvalue weighted by molar-refractivity contribution is -0.138. The highest BCUT2D eigenvalue weighted by Gasteiger charge is 2.35. The number of carbonyl (C=O) groups is 2. The van der Waals surface area contributed by atoms with Crippen LogP contribution in [0.5, 0.6) is 0 Å². The van der Waals surface area contributed by atoms with Crippen LogP contribution < -0.4 is 11.0 Å². The first-order chi connectivity index (χ1) is 11.7. The summed E-state index contributed by atoms with van der Waals surface area (Å²) in [7, 11) is 0. The maximum atomic E-state index is 12.7. The fourth-order valence-corrected chi connectivity index (χ4v) is 3.23. The van der Waals surface area contributed by atoms with Gasteiger partial charge in [0.05, 0.1) is 11.0 Å². The molecular weight excluding hydrogens is 320 g/mol. The molecule has 1 fully saturated rings. The van der Waals surface area contributed by atoms with Gasteiger partial charge in [-0.15, -0.1) is 0 Å². The van der Waals surface area contributed by atoms with Crippen LogP contribution in [0.4, 0.5) is 5.69 Å². The number of likely N-dealkylation sites (tertiary alicyclic amines) is 1. The van der Waals surface area contributed by atoms with Gasteiger partial charge in [-0.3, -0.25) is 9.59 Å². The number of benzene rings is 1. The minimum atomic E-state index is -0.434. The normalized spacial score (nSPS) is 17.9. The van der Waals surface area contributed by atoms with Crippen molar-refractivity contribution in [2.45, 2.75) is 46.1 Å². The molecule has 3 N–H and O–H groups in total. The Kier molecular flexibility index (Phi) is 4.41. The van der Waals surface area contributed by atoms with E-state index in [0.29, 0.717) is 36.1 Å². The lowest BCUT2D eigenvalue weighted by Gasteiger charge is -2.27. The molecule has 1 aromatic heterocycles. The van der Waals surface area contributed by atoms with Crippen LogP contribution in [0.3, 0.4) is 0 Å². The lowest BCUT2D eigenvalue weighted by atomic mass is 9.91. The van der Waals surface area contributed by atoms with Crippen molar-refractivity contribution in [3.63, 3.8) is 0 Å². The summed E-state index contributed by atoms with van der Waals surface area (Å²) >= 11 is 0. The standard InChI is InChI=1S/C18H24N4O3/c1-18(2,3)10-15(23)22-8-4-5-14(22)16(24)19-11-6-7-12-13(9-11)21-17(25)20-12/h6-7,9,14H,4-5,8,10H2,1-3H3,(H,19,24)(H2,20,21,25). The summed E-state index contributed by atoms with van der Waals surface area (Å²) < 4.78 is 0. The molecule has 0 spiro atoms. The Bertz CT molecular complexity index is 859. The second-order valence-electron chi connectivity index (χ2n) is 7.81. The van der Waals surface area contributed by atoms with Crippen LogP contribution in [0, 0.1) is 5.41 Å². The van der Waals surface area contributed by atoms with E-state index in [0.717, 1.165) is 6.42 Å². The fourth-order valence-electron chi connectivity index (χ4n) is 3.23. The summed E-state index contributed by atoms with van der Waals surface area (Å²) in [4.78, 5) is 43.5. The van der Waals surface area contributed by atoms with Crippen LogP contribution in [-0.4, -0.2) is 39.3 Å². The zero-order valence-corrected chi connectivity index (χ0v) is 14.8. The van der Waals surface area contributed by atoms with E-state index in [1.54, 1.807) is 23.1 Å². The first-order valence-corrected chi connectivity index (χ1v) is 8.55. The van der Waals surface area contributed by atoms with Crippen molar-refractivity contribution in [2.75, 3.05) is 11.9 Å². The van der Waals surface area contributed by atoms with E-state index in [9.17, 15) is 14.4 Å². The fraction of sp³-hybridized carbons (Fsp3) is 0.500. The van der Waals surface area contributed by atoms with Gasteiger partial charge in [-0.05, 0) is 36.5 Å². The highest BCUT2D eigenvalue weighted by molar-refractivity contribution is 5.98. The number of aromatic nitrogens is 2. The largest absolute Gasteiger partial charge is 0.331 e. The third kappa shape index (κ3) is 3.92. The second-order valence-corrected chi connectivity index (χ2v) is 7.81. The summed E-state index contributed by atoms with van der Waals surface area (Å²) in [5.41, 5.74) is 1.53. The number of hydrogen-bond donors (Lipinski definition) is 3. The lowest BCUT2D eigenvalue weighted by Crippen LogP contribution is -2.44. The van der Waals surface area contributed by atoms with E-state index in [1.807, 2.05) is 20.8 Å². The van der Waals surface area contributed by atoms with Gasteiger partial charge in [0.15, 0.2) is 0 Å². The van der Waals surface area contributed by atoms with Crippen LogP contribution >= 0.6 is 0 Å². The van der Waals surface area contributed by atoms with Crippen molar-refractivity contribution in [2.24, 2.45) is 5.41 Å². The molecule has 0 radical (unpaired) electrons. The van der Waals surface area contributed by atoms with Crippen molar-refractivity contribution in [3.05, 3.63) is 28.7 Å². The van der Waals surface area contributed by atoms with E-state index in [1.165, 1.54) is 0 Å². The van der Waals surface area contributed by atoms with E-state index in [-0.39, 0.29) is 22.9 Å². The molecule has 1 aliphatic rings. The zero-order chi connectivity index (χ0) is 18.2. The zero-order valence-electron chi connectivity index (χ0n) is 14.8. The molecule has 0 bridgehead atoms. The van der Waals surface area contributed by atoms with E-state index < -0.39 is 6.04 Å². The summed E-state index contributed by atoms with van der Waals surface area (Å²) in [6.45, 7) is 6.67. The van der Waals surface area contributed by atoms with Crippen molar-refractivity contribution < 1.29 is 9.59 Å². The minimum Gasteiger partial charge on any atom is -0.331 e. The number of fused-ring (bicyclic) bond motifs is 1. The summed E-state index contributed by atoms with van der Waals surface area (Å²) in [6, 6.07) is 4.75. The highest BCUT2D eigenvalue weighted by Crippen LogP contribution is 2.25. The molecule has 25 heavy (non-hydrogen) atoms. The maximum absolute atomic E-state index is 12.7. The molecule has 2 amide bonds. The first kappa shape index (κ1) is 17.3. The van der Waals surface area contributed by atoms with Gasteiger partial charge in [-0.2, -0.15) is 0 Å². The van der Waals surface area contributed by atoms with Crippen molar-refractivity contribution >= 4 is 28.5 Å². The number of anilines is 1. The minimum absolute atomic E-state index is 0.0237. The van der Waals surface area contributed by atoms with Gasteiger partial charge in [-0.25, -0.2) is 4.79 Å². The number of nitrogens with zero attached hydrogens (tertiary/aromatic N) is 1. The Morgan fingerprint density at radius 2 is 1.96 bits per heavy atom. The number of nitrogens with one attached hydrogen (secondary N) is 3. The predicted octanol–water partition coefficient (Wildman–Crippen LogP) is 2.22. The number of imidazole rings is 1. The third-order valence-electron chi connectivity index (χ3n) is 4.34. The molecule has 2 aromatic rings. The molecule has 1 saturated heterocycles. The summed E-state index contributed by atoms with van der Waals surface area (Å²) in [5.74, 6) is -0.160. The monoisotopic (exact) mass is 344 g/mol. The van der Waals surface area contributed by atoms with E-state index >= 15 is 0 Å². The van der Waals surface area contributed by atoms with Gasteiger partial charge in [-0.1, -0.05) is 20.8 Å². The molecule has 1 aliphatic heterocycles. The number of amides is 2. The first-order valence-electron chi connectivity index (χ1n) is 8.55. The van der Waals surface area contributed by atoms with Gasteiger partial charge in [0.1, 0.15) is 6.04 Å². The van der Waals surface area contributed by atoms with Crippen molar-refractivity contribution in [1.29, 1.82) is 0 Å². The molecule has 2 heterocycles. The van der Waals surface area contributed by atoms with E-state index in [4.69, 9.17) is 0 Å². The molecule has 0 saturated carbocycles. The smallest absolute Gasteiger partial charge is 0.323 e. The SMILES string of the molecule is CC(C)(C)CC(=O)N1CCCC1C(=O)Nc1ccc2[nH]c(=O)[nH]c2c1. The number of rotatable bonds is 3. The predicted molar refractivity (Wildman–Crippen MR) is 96.4 cm³/mol. The van der Waals surface area contributed by atoms with Crippen LogP contribution in [0.1, 0.15) is 40.0 Å². The van der Waals surface area contributed by atoms with Crippen LogP contribution in [0.15, 0.2) is 23.0 Å². The molecule has 1 unspecified atom stereocenters. The summed E-state index contributed by atoms with van der Waals surface area (Å²) in [6.07, 6.45) is 1.93. The number of H-pyrrole nitrogens is 2. The highest BCUT2D eigenvalue weighted by atomic mass is 16.2. The van der Waals surface area contributed by atoms with Gasteiger partial charge >= 0.3 is 5.69 Å². The van der Waals surface area contributed by atoms with Crippen molar-refractivity contribution in [1.82, 2.24) is 14.9 Å². The quantitative estimate of drug-likeness (QED) is 0.796. The van der Waals surface area contributed by atoms with Gasteiger partial charge in [0.25, 0.3) is 0 Å². The molecule has 7 nitrogen and oxygen atoms in total. The number of carbonyl (C=O) groups excluding carboxylic acids is 2. The number of aromatic amines is 2. The van der Waals surface area contributed by atoms with Crippen molar-refractivity contribution in [3.8, 4) is 0 Å². The summed E-state index contributed by atoms with van der Waals surface area (Å²) in [5, 5.41) is 2.86. The average Bonchev–Trinajstić information content (AvgIpc) is 3.10. The average molecular weight is 344 g/mol. The van der Waals surface area contributed by atoms with Crippen LogP contribution in [0.2, 0.25) is 0 Å².